The lowest BCUT2D eigenvalue weighted by molar-refractivity contribution is 0.102. The number of tetrazole rings is 1. The Bertz CT molecular complexity index is 1080. The summed E-state index contributed by atoms with van der Waals surface area (Å²) in [7, 11) is 0. The van der Waals surface area contributed by atoms with Crippen LogP contribution in [-0.4, -0.2) is 30.7 Å². The predicted octanol–water partition coefficient (Wildman–Crippen LogP) is 2.00. The molecule has 0 fully saturated rings. The van der Waals surface area contributed by atoms with E-state index >= 15 is 0 Å². The fraction of sp³-hybridized carbons (Fsp3) is 0. The summed E-state index contributed by atoms with van der Waals surface area (Å²) in [6.07, 6.45) is 3.88. The summed E-state index contributed by atoms with van der Waals surface area (Å²) >= 11 is 0. The average Bonchev–Trinajstić information content (AvgIpc) is 3.34. The van der Waals surface area contributed by atoms with Crippen LogP contribution in [0.2, 0.25) is 0 Å². The van der Waals surface area contributed by atoms with E-state index < -0.39 is 5.69 Å². The van der Waals surface area contributed by atoms with Crippen LogP contribution < -0.4 is 11.0 Å². The van der Waals surface area contributed by atoms with Crippen molar-refractivity contribution in [2.75, 3.05) is 5.32 Å². The molecule has 0 atom stereocenters. The maximum absolute atomic E-state index is 12.4. The highest BCUT2D eigenvalue weighted by atomic mass is 16.2. The third-order valence-electron chi connectivity index (χ3n) is 3.87. The van der Waals surface area contributed by atoms with Crippen LogP contribution in [0.15, 0.2) is 77.9 Å². The first kappa shape index (κ1) is 15.6. The minimum atomic E-state index is -0.426. The molecule has 4 rings (SSSR count). The molecule has 2 aromatic carbocycles. The first-order valence-corrected chi connectivity index (χ1v) is 7.86. The van der Waals surface area contributed by atoms with Crippen molar-refractivity contribution >= 4 is 11.6 Å². The van der Waals surface area contributed by atoms with Gasteiger partial charge in [-0.05, 0) is 71.1 Å². The largest absolute Gasteiger partial charge is 0.365 e. The van der Waals surface area contributed by atoms with Gasteiger partial charge >= 0.3 is 5.69 Å². The van der Waals surface area contributed by atoms with Crippen molar-refractivity contribution < 1.29 is 4.79 Å². The van der Waals surface area contributed by atoms with Gasteiger partial charge in [-0.25, -0.2) is 9.89 Å². The number of nitrogens with zero attached hydrogens (tertiary/aromatic N) is 4. The molecule has 2 heterocycles. The highest BCUT2D eigenvalue weighted by Crippen LogP contribution is 2.14. The number of amides is 1. The molecule has 128 valence electrons. The van der Waals surface area contributed by atoms with Crippen molar-refractivity contribution in [3.8, 4) is 11.4 Å². The summed E-state index contributed by atoms with van der Waals surface area (Å²) < 4.78 is 3.10. The number of H-pyrrole nitrogens is 1. The Labute approximate surface area is 147 Å². The van der Waals surface area contributed by atoms with Gasteiger partial charge < -0.3 is 9.88 Å². The number of nitrogens with one attached hydrogen (secondary N) is 2. The second-order valence-corrected chi connectivity index (χ2v) is 5.56. The van der Waals surface area contributed by atoms with Crippen LogP contribution in [-0.2, 0) is 0 Å². The van der Waals surface area contributed by atoms with Gasteiger partial charge in [0.2, 0.25) is 0 Å². The Morgan fingerprint density at radius 3 is 2.19 bits per heavy atom. The van der Waals surface area contributed by atoms with Crippen LogP contribution in [0.5, 0.6) is 0 Å². The second kappa shape index (κ2) is 6.52. The fourth-order valence-electron chi connectivity index (χ4n) is 2.55. The number of hydrogen-bond acceptors (Lipinski definition) is 4. The molecule has 4 aromatic rings. The molecule has 0 aliphatic heterocycles. The molecule has 26 heavy (non-hydrogen) atoms. The van der Waals surface area contributed by atoms with Crippen LogP contribution in [0.1, 0.15) is 10.4 Å². The van der Waals surface area contributed by atoms with Gasteiger partial charge in [0.1, 0.15) is 0 Å². The molecule has 0 unspecified atom stereocenters. The number of carbonyl (C=O) groups is 1. The van der Waals surface area contributed by atoms with E-state index in [9.17, 15) is 9.59 Å². The third kappa shape index (κ3) is 3.03. The van der Waals surface area contributed by atoms with Gasteiger partial charge in [-0.3, -0.25) is 4.79 Å². The Hall–Kier alpha value is -3.94. The highest BCUT2D eigenvalue weighted by Gasteiger charge is 2.08. The van der Waals surface area contributed by atoms with Crippen LogP contribution >= 0.6 is 0 Å². The van der Waals surface area contributed by atoms with Crippen LogP contribution in [0.4, 0.5) is 5.69 Å². The lowest BCUT2D eigenvalue weighted by Crippen LogP contribution is -2.16. The number of aromatic amines is 1. The maximum atomic E-state index is 12.4. The third-order valence-corrected chi connectivity index (χ3v) is 3.87. The summed E-state index contributed by atoms with van der Waals surface area (Å²) in [5.41, 5.74) is 2.28. The number of aromatic nitrogens is 5. The van der Waals surface area contributed by atoms with Gasteiger partial charge in [-0.1, -0.05) is 0 Å². The quantitative estimate of drug-likeness (QED) is 0.590. The van der Waals surface area contributed by atoms with Crippen LogP contribution in [0, 0.1) is 0 Å². The lowest BCUT2D eigenvalue weighted by atomic mass is 10.2. The zero-order valence-electron chi connectivity index (χ0n) is 13.5. The normalized spacial score (nSPS) is 10.6. The van der Waals surface area contributed by atoms with Crippen LogP contribution in [0.25, 0.3) is 11.4 Å². The summed E-state index contributed by atoms with van der Waals surface area (Å²) in [4.78, 5) is 23.9. The van der Waals surface area contributed by atoms with Crippen molar-refractivity contribution in [1.82, 2.24) is 24.8 Å². The maximum Gasteiger partial charge on any atom is 0.365 e. The van der Waals surface area contributed by atoms with Gasteiger partial charge in [0.25, 0.3) is 5.91 Å². The van der Waals surface area contributed by atoms with E-state index in [4.69, 9.17) is 0 Å². The van der Waals surface area contributed by atoms with E-state index in [0.717, 1.165) is 10.4 Å². The molecule has 0 aliphatic rings. The molecular formula is C18H14N6O2. The molecule has 2 N–H and O–H groups in total. The number of carbonyl (C=O) groups excluding carboxylic acids is 1. The van der Waals surface area contributed by atoms with Crippen molar-refractivity contribution in [2.24, 2.45) is 0 Å². The summed E-state index contributed by atoms with van der Waals surface area (Å²) in [5, 5.41) is 12.1. The number of benzene rings is 2. The fourth-order valence-corrected chi connectivity index (χ4v) is 2.55. The minimum Gasteiger partial charge on any atom is -0.324 e. The summed E-state index contributed by atoms with van der Waals surface area (Å²) in [6.45, 7) is 0. The van der Waals surface area contributed by atoms with Crippen molar-refractivity contribution in [3.63, 3.8) is 0 Å². The zero-order chi connectivity index (χ0) is 17.9. The Balaban J connectivity index is 1.48. The van der Waals surface area contributed by atoms with E-state index in [1.54, 1.807) is 36.4 Å². The monoisotopic (exact) mass is 346 g/mol. The van der Waals surface area contributed by atoms with Gasteiger partial charge in [0.05, 0.1) is 5.69 Å². The van der Waals surface area contributed by atoms with E-state index in [0.29, 0.717) is 16.9 Å². The van der Waals surface area contributed by atoms with Crippen LogP contribution in [0.3, 0.4) is 0 Å². The smallest absolute Gasteiger partial charge is 0.324 e. The number of hydrogen-bond donors (Lipinski definition) is 2. The van der Waals surface area contributed by atoms with Crippen molar-refractivity contribution in [2.45, 2.75) is 0 Å². The van der Waals surface area contributed by atoms with Gasteiger partial charge in [0, 0.05) is 29.3 Å². The van der Waals surface area contributed by atoms with Gasteiger partial charge in [0.15, 0.2) is 0 Å². The van der Waals surface area contributed by atoms with Gasteiger partial charge in [-0.15, -0.1) is 0 Å². The lowest BCUT2D eigenvalue weighted by Gasteiger charge is -2.08. The molecule has 0 aliphatic carbocycles. The zero-order valence-corrected chi connectivity index (χ0v) is 13.5. The summed E-state index contributed by atoms with van der Waals surface area (Å²) in [5.74, 6) is -0.213. The number of anilines is 1. The second-order valence-electron chi connectivity index (χ2n) is 5.56. The van der Waals surface area contributed by atoms with E-state index in [-0.39, 0.29) is 5.91 Å². The standard InChI is InChI=1S/C18H14N6O2/c25-17(13-3-7-15(8-4-13)23-11-1-2-12-23)19-14-5-9-16(10-6-14)24-18(26)20-21-22-24/h1-12H,(H,19,25)(H,20,22,26). The molecule has 8 heteroatoms. The molecule has 8 nitrogen and oxygen atoms in total. The molecule has 0 spiro atoms. The van der Waals surface area contributed by atoms with E-state index in [1.807, 2.05) is 41.2 Å². The van der Waals surface area contributed by atoms with Crippen molar-refractivity contribution in [3.05, 3.63) is 89.1 Å². The van der Waals surface area contributed by atoms with Gasteiger partial charge in [-0.2, -0.15) is 4.68 Å². The molecule has 0 radical (unpaired) electrons. The molecule has 0 saturated heterocycles. The first-order valence-electron chi connectivity index (χ1n) is 7.86. The van der Waals surface area contributed by atoms with Crippen molar-refractivity contribution in [1.29, 1.82) is 0 Å². The summed E-state index contributed by atoms with van der Waals surface area (Å²) in [6, 6.07) is 17.9. The highest BCUT2D eigenvalue weighted by molar-refractivity contribution is 6.04. The SMILES string of the molecule is O=C(Nc1ccc(-n2nn[nH]c2=O)cc1)c1ccc(-n2cccc2)cc1. The molecular weight excluding hydrogens is 332 g/mol. The Morgan fingerprint density at radius 1 is 0.923 bits per heavy atom. The van der Waals surface area contributed by atoms with E-state index in [1.165, 1.54) is 0 Å². The minimum absolute atomic E-state index is 0.213. The molecule has 0 bridgehead atoms. The Kier molecular flexibility index (Phi) is 3.91. The molecule has 2 aromatic heterocycles. The Morgan fingerprint density at radius 2 is 1.58 bits per heavy atom. The number of rotatable bonds is 4. The topological polar surface area (TPSA) is 97.6 Å². The molecule has 0 saturated carbocycles. The van der Waals surface area contributed by atoms with E-state index in [2.05, 4.69) is 20.8 Å². The average molecular weight is 346 g/mol. The molecule has 1 amide bonds. The predicted molar refractivity (Wildman–Crippen MR) is 95.7 cm³/mol. The first-order chi connectivity index (χ1) is 12.7.